The first-order valence-electron chi connectivity index (χ1n) is 11.7. The number of benzene rings is 2. The van der Waals surface area contributed by atoms with Gasteiger partial charge in [0.15, 0.2) is 5.52 Å². The molecule has 1 unspecified atom stereocenters. The zero-order valence-corrected chi connectivity index (χ0v) is 20.2. The second kappa shape index (κ2) is 8.99. The van der Waals surface area contributed by atoms with Crippen molar-refractivity contribution in [1.29, 1.82) is 0 Å². The van der Waals surface area contributed by atoms with Crippen LogP contribution in [0.25, 0.3) is 11.0 Å². The third-order valence-electron chi connectivity index (χ3n) is 6.94. The van der Waals surface area contributed by atoms with Crippen LogP contribution in [0.1, 0.15) is 25.3 Å². The number of carbonyl (C=O) groups excluding carboxylic acids is 1. The van der Waals surface area contributed by atoms with Gasteiger partial charge in [0.25, 0.3) is 0 Å². The Morgan fingerprint density at radius 1 is 1.03 bits per heavy atom. The molecule has 5 rings (SSSR count). The molecule has 3 heterocycles. The first-order chi connectivity index (χ1) is 16.3. The van der Waals surface area contributed by atoms with Crippen molar-refractivity contribution in [2.24, 2.45) is 5.92 Å². The topological polar surface area (TPSA) is 99.8 Å². The van der Waals surface area contributed by atoms with Gasteiger partial charge in [-0.15, -0.1) is 0 Å². The molecule has 0 spiro atoms. The van der Waals surface area contributed by atoms with Gasteiger partial charge in [-0.05, 0) is 66.8 Å². The van der Waals surface area contributed by atoms with Gasteiger partial charge in [0.2, 0.25) is 15.9 Å². The van der Waals surface area contributed by atoms with Crippen molar-refractivity contribution in [3.63, 3.8) is 0 Å². The molecule has 180 valence electrons. The second-order valence-electron chi connectivity index (χ2n) is 9.23. The minimum Gasteiger partial charge on any atom is -0.365 e. The Hall–Kier alpha value is -2.98. The minimum absolute atomic E-state index is 0.0946. The molecule has 2 aliphatic heterocycles. The molecule has 0 N–H and O–H groups in total. The maximum atomic E-state index is 13.3. The van der Waals surface area contributed by atoms with E-state index in [1.54, 1.807) is 12.1 Å². The Kier molecular flexibility index (Phi) is 6.03. The van der Waals surface area contributed by atoms with E-state index in [9.17, 15) is 13.2 Å². The summed E-state index contributed by atoms with van der Waals surface area (Å²) in [5.74, 6) is -0.0238. The number of amides is 1. The van der Waals surface area contributed by atoms with Crippen LogP contribution < -0.4 is 4.90 Å². The van der Waals surface area contributed by atoms with E-state index in [1.165, 1.54) is 21.6 Å². The van der Waals surface area contributed by atoms with Crippen molar-refractivity contribution in [2.45, 2.75) is 37.6 Å². The smallest absolute Gasteiger partial charge is 0.245 e. The summed E-state index contributed by atoms with van der Waals surface area (Å²) >= 11 is 0. The number of anilines is 1. The molecule has 3 aromatic rings. The zero-order valence-electron chi connectivity index (χ0n) is 19.4. The predicted molar refractivity (Wildman–Crippen MR) is 128 cm³/mol. The van der Waals surface area contributed by atoms with Crippen LogP contribution in [0, 0.1) is 12.8 Å². The number of aromatic nitrogens is 2. The molecule has 1 atom stereocenters. The molecule has 2 aliphatic rings. The van der Waals surface area contributed by atoms with E-state index in [0.29, 0.717) is 44.5 Å². The third-order valence-corrected chi connectivity index (χ3v) is 8.87. The predicted octanol–water partition coefficient (Wildman–Crippen LogP) is 2.67. The molecule has 10 heteroatoms. The number of piperidine rings is 1. The summed E-state index contributed by atoms with van der Waals surface area (Å²) in [7, 11) is -3.74. The van der Waals surface area contributed by atoms with Gasteiger partial charge in [-0.1, -0.05) is 18.2 Å². The number of sulfonamides is 1. The molecule has 2 saturated heterocycles. The highest BCUT2D eigenvalue weighted by Gasteiger charge is 2.36. The summed E-state index contributed by atoms with van der Waals surface area (Å²) < 4.78 is 32.6. The van der Waals surface area contributed by atoms with Crippen molar-refractivity contribution in [1.82, 2.24) is 19.5 Å². The van der Waals surface area contributed by atoms with Gasteiger partial charge in [0.1, 0.15) is 10.4 Å². The summed E-state index contributed by atoms with van der Waals surface area (Å²) in [5.41, 5.74) is 3.06. The normalized spacial score (nSPS) is 20.7. The van der Waals surface area contributed by atoms with Gasteiger partial charge in [-0.25, -0.2) is 13.0 Å². The maximum Gasteiger partial charge on any atom is 0.245 e. The van der Waals surface area contributed by atoms with Gasteiger partial charge in [0.05, 0.1) is 0 Å². The Morgan fingerprint density at radius 3 is 2.53 bits per heavy atom. The van der Waals surface area contributed by atoms with Crippen LogP contribution in [0.5, 0.6) is 0 Å². The maximum absolute atomic E-state index is 13.3. The quantitative estimate of drug-likeness (QED) is 0.562. The lowest BCUT2D eigenvalue weighted by atomic mass is 9.95. The number of nitrogens with zero attached hydrogens (tertiary/aromatic N) is 5. The molecular weight excluding hydrogens is 454 g/mol. The Labute approximate surface area is 199 Å². The molecule has 0 aliphatic carbocycles. The molecule has 0 bridgehead atoms. The minimum atomic E-state index is -3.74. The van der Waals surface area contributed by atoms with Gasteiger partial charge in [-0.3, -0.25) is 4.79 Å². The summed E-state index contributed by atoms with van der Waals surface area (Å²) in [4.78, 5) is 17.7. The molecule has 1 aromatic heterocycles. The summed E-state index contributed by atoms with van der Waals surface area (Å²) in [6.45, 7) is 6.99. The van der Waals surface area contributed by atoms with Crippen molar-refractivity contribution < 1.29 is 17.8 Å². The first-order valence-corrected chi connectivity index (χ1v) is 13.1. The van der Waals surface area contributed by atoms with Crippen molar-refractivity contribution in [3.8, 4) is 0 Å². The van der Waals surface area contributed by atoms with Gasteiger partial charge in [-0.2, -0.15) is 4.31 Å². The van der Waals surface area contributed by atoms with Crippen LogP contribution >= 0.6 is 0 Å². The largest absolute Gasteiger partial charge is 0.365 e. The molecule has 34 heavy (non-hydrogen) atoms. The summed E-state index contributed by atoms with van der Waals surface area (Å²) in [6, 6.07) is 13.5. The van der Waals surface area contributed by atoms with Gasteiger partial charge >= 0.3 is 0 Å². The number of piperazine rings is 1. The fraction of sp³-hybridized carbons (Fsp3) is 0.458. The standard InChI is InChI=1S/C24H29N5O4S/c1-17-5-3-6-20(15-17)29-14-13-27(16-18(29)2)24(30)19-9-11-28(12-10-19)34(31,32)22-8-4-7-21-23(22)26-33-25-21/h3-8,15,18-19H,9-14,16H2,1-2H3. The fourth-order valence-corrected chi connectivity index (χ4v) is 6.68. The van der Waals surface area contributed by atoms with E-state index < -0.39 is 10.0 Å². The van der Waals surface area contributed by atoms with Crippen LogP contribution in [0.2, 0.25) is 0 Å². The molecular formula is C24H29N5O4S. The first kappa shape index (κ1) is 22.8. The van der Waals surface area contributed by atoms with E-state index in [4.69, 9.17) is 4.63 Å². The van der Waals surface area contributed by atoms with Gasteiger partial charge < -0.3 is 9.80 Å². The number of hydrogen-bond acceptors (Lipinski definition) is 7. The molecule has 0 saturated carbocycles. The van der Waals surface area contributed by atoms with Crippen LogP contribution in [-0.2, 0) is 14.8 Å². The number of fused-ring (bicyclic) bond motifs is 1. The van der Waals surface area contributed by atoms with Crippen LogP contribution in [-0.4, -0.2) is 72.6 Å². The fourth-order valence-electron chi connectivity index (χ4n) is 5.08. The average molecular weight is 484 g/mol. The monoisotopic (exact) mass is 483 g/mol. The van der Waals surface area contributed by atoms with Crippen molar-refractivity contribution >= 4 is 32.7 Å². The lowest BCUT2D eigenvalue weighted by molar-refractivity contribution is -0.137. The van der Waals surface area contributed by atoms with Crippen LogP contribution in [0.15, 0.2) is 52.0 Å². The highest BCUT2D eigenvalue weighted by atomic mass is 32.2. The Bertz CT molecular complexity index is 1300. The van der Waals surface area contributed by atoms with Crippen LogP contribution in [0.4, 0.5) is 5.69 Å². The molecule has 2 aromatic carbocycles. The average Bonchev–Trinajstić information content (AvgIpc) is 3.32. The third kappa shape index (κ3) is 4.16. The van der Waals surface area contributed by atoms with E-state index in [0.717, 1.165) is 6.54 Å². The Morgan fingerprint density at radius 2 is 1.79 bits per heavy atom. The number of rotatable bonds is 4. The lowest BCUT2D eigenvalue weighted by Crippen LogP contribution is -2.55. The number of hydrogen-bond donors (Lipinski definition) is 0. The number of aryl methyl sites for hydroxylation is 1. The summed E-state index contributed by atoms with van der Waals surface area (Å²) in [5, 5.41) is 7.50. The number of carbonyl (C=O) groups is 1. The second-order valence-corrected chi connectivity index (χ2v) is 11.1. The van der Waals surface area contributed by atoms with E-state index in [1.807, 2.05) is 4.90 Å². The zero-order chi connectivity index (χ0) is 23.9. The highest BCUT2D eigenvalue weighted by molar-refractivity contribution is 7.89. The molecule has 1 amide bonds. The van der Waals surface area contributed by atoms with Crippen molar-refractivity contribution in [3.05, 3.63) is 48.0 Å². The SMILES string of the molecule is Cc1cccc(N2CCN(C(=O)C3CCN(S(=O)(=O)c4cccc5nonc45)CC3)CC2C)c1. The van der Waals surface area contributed by atoms with E-state index in [2.05, 4.69) is 53.3 Å². The Balaban J connectivity index is 1.21. The highest BCUT2D eigenvalue weighted by Crippen LogP contribution is 2.29. The van der Waals surface area contributed by atoms with E-state index in [-0.39, 0.29) is 28.3 Å². The molecule has 9 nitrogen and oxygen atoms in total. The van der Waals surface area contributed by atoms with Gasteiger partial charge in [0, 0.05) is 50.4 Å². The van der Waals surface area contributed by atoms with E-state index >= 15 is 0 Å². The summed E-state index contributed by atoms with van der Waals surface area (Å²) in [6.07, 6.45) is 1.02. The molecule has 0 radical (unpaired) electrons. The lowest BCUT2D eigenvalue weighted by Gasteiger charge is -2.43. The molecule has 2 fully saturated rings. The van der Waals surface area contributed by atoms with Crippen molar-refractivity contribution in [2.75, 3.05) is 37.6 Å². The van der Waals surface area contributed by atoms with Crippen LogP contribution in [0.3, 0.4) is 0 Å².